The van der Waals surface area contributed by atoms with Gasteiger partial charge in [0.1, 0.15) is 0 Å². The van der Waals surface area contributed by atoms with Crippen LogP contribution in [0.1, 0.15) is 25.8 Å². The number of nitrogens with one attached hydrogen (secondary N) is 2. The first-order valence-corrected chi connectivity index (χ1v) is 8.34. The molecule has 0 aromatic heterocycles. The molecule has 114 valence electrons. The van der Waals surface area contributed by atoms with Gasteiger partial charge in [-0.15, -0.1) is 0 Å². The molecule has 0 amide bonds. The molecule has 0 unspecified atom stereocenters. The van der Waals surface area contributed by atoms with E-state index in [1.54, 1.807) is 7.05 Å². The third kappa shape index (κ3) is 6.47. The maximum absolute atomic E-state index is 12.0. The van der Waals surface area contributed by atoms with Crippen molar-refractivity contribution in [1.29, 1.82) is 0 Å². The summed E-state index contributed by atoms with van der Waals surface area (Å²) in [6.45, 7) is 5.76. The Kier molecular flexibility index (Phi) is 7.15. The summed E-state index contributed by atoms with van der Waals surface area (Å²) in [7, 11) is -1.82. The molecule has 0 bridgehead atoms. The Hall–Kier alpha value is -0.950. The lowest BCUT2D eigenvalue weighted by molar-refractivity contribution is 0.453. The van der Waals surface area contributed by atoms with Crippen LogP contribution in [0.3, 0.4) is 0 Å². The topological polar surface area (TPSA) is 61.4 Å². The zero-order chi connectivity index (χ0) is 15.0. The molecule has 0 aliphatic rings. The average Bonchev–Trinajstić information content (AvgIpc) is 2.39. The summed E-state index contributed by atoms with van der Waals surface area (Å²) in [6.07, 6.45) is 0.774. The Labute approximate surface area is 122 Å². The lowest BCUT2D eigenvalue weighted by Gasteiger charge is -2.18. The highest BCUT2D eigenvalue weighted by molar-refractivity contribution is 7.87. The van der Waals surface area contributed by atoms with Crippen LogP contribution in [-0.4, -0.2) is 38.9 Å². The van der Waals surface area contributed by atoms with Crippen molar-refractivity contribution in [3.63, 3.8) is 0 Å². The molecule has 0 radical (unpaired) electrons. The fourth-order valence-corrected chi connectivity index (χ4v) is 2.66. The number of rotatable bonds is 9. The van der Waals surface area contributed by atoms with E-state index < -0.39 is 10.2 Å². The first-order valence-electron chi connectivity index (χ1n) is 6.90. The van der Waals surface area contributed by atoms with E-state index in [1.165, 1.54) is 4.31 Å². The van der Waals surface area contributed by atoms with Gasteiger partial charge >= 0.3 is 0 Å². The quantitative estimate of drug-likeness (QED) is 0.677. The van der Waals surface area contributed by atoms with Crippen LogP contribution in [0.4, 0.5) is 0 Å². The molecule has 0 aliphatic heterocycles. The fourth-order valence-electron chi connectivity index (χ4n) is 1.72. The van der Waals surface area contributed by atoms with E-state index in [0.717, 1.165) is 18.5 Å². The van der Waals surface area contributed by atoms with Crippen LogP contribution in [0, 0.1) is 0 Å². The van der Waals surface area contributed by atoms with Crippen molar-refractivity contribution in [2.24, 2.45) is 0 Å². The van der Waals surface area contributed by atoms with Crippen molar-refractivity contribution < 1.29 is 8.42 Å². The standard InChI is InChI=1S/C14H25N3O2S/c1-13(2)15-10-7-11-16-20(18,19)17(3)12-14-8-5-4-6-9-14/h4-6,8-9,13,15-16H,7,10-12H2,1-3H3. The average molecular weight is 299 g/mol. The van der Waals surface area contributed by atoms with Gasteiger partial charge < -0.3 is 5.32 Å². The lowest BCUT2D eigenvalue weighted by atomic mass is 10.2. The number of hydrogen-bond donors (Lipinski definition) is 2. The summed E-state index contributed by atoms with van der Waals surface area (Å²) in [5, 5.41) is 3.25. The van der Waals surface area contributed by atoms with Crippen molar-refractivity contribution in [3.8, 4) is 0 Å². The molecule has 1 rings (SSSR count). The van der Waals surface area contributed by atoms with E-state index in [9.17, 15) is 8.42 Å². The van der Waals surface area contributed by atoms with Gasteiger partial charge in [0.2, 0.25) is 0 Å². The Morgan fingerprint density at radius 3 is 2.40 bits per heavy atom. The molecule has 20 heavy (non-hydrogen) atoms. The smallest absolute Gasteiger partial charge is 0.279 e. The first-order chi connectivity index (χ1) is 9.42. The molecule has 5 nitrogen and oxygen atoms in total. The van der Waals surface area contributed by atoms with Gasteiger partial charge in [0.05, 0.1) is 0 Å². The Morgan fingerprint density at radius 2 is 1.80 bits per heavy atom. The van der Waals surface area contributed by atoms with Crippen molar-refractivity contribution in [3.05, 3.63) is 35.9 Å². The molecule has 6 heteroatoms. The Bertz CT molecular complexity index is 474. The van der Waals surface area contributed by atoms with Crippen molar-refractivity contribution >= 4 is 10.2 Å². The SMILES string of the molecule is CC(C)NCCCNS(=O)(=O)N(C)Cc1ccccc1. The summed E-state index contributed by atoms with van der Waals surface area (Å²) >= 11 is 0. The van der Waals surface area contributed by atoms with E-state index in [1.807, 2.05) is 30.3 Å². The lowest BCUT2D eigenvalue weighted by Crippen LogP contribution is -2.39. The molecule has 0 fully saturated rings. The van der Waals surface area contributed by atoms with E-state index in [0.29, 0.717) is 19.1 Å². The van der Waals surface area contributed by atoms with Gasteiger partial charge in [-0.1, -0.05) is 44.2 Å². The maximum Gasteiger partial charge on any atom is 0.279 e. The molecule has 0 spiro atoms. The van der Waals surface area contributed by atoms with Crippen LogP contribution in [-0.2, 0) is 16.8 Å². The second-order valence-corrected chi connectivity index (χ2v) is 6.97. The van der Waals surface area contributed by atoms with Gasteiger partial charge in [-0.2, -0.15) is 12.7 Å². The van der Waals surface area contributed by atoms with Crippen LogP contribution >= 0.6 is 0 Å². The van der Waals surface area contributed by atoms with Crippen molar-refractivity contribution in [1.82, 2.24) is 14.3 Å². The Morgan fingerprint density at radius 1 is 1.15 bits per heavy atom. The molecular formula is C14H25N3O2S. The summed E-state index contributed by atoms with van der Waals surface area (Å²) in [4.78, 5) is 0. The van der Waals surface area contributed by atoms with Gasteiger partial charge in [0.15, 0.2) is 0 Å². The molecule has 2 N–H and O–H groups in total. The van der Waals surface area contributed by atoms with Gasteiger partial charge in [0.25, 0.3) is 10.2 Å². The Balaban J connectivity index is 2.36. The summed E-state index contributed by atoms with van der Waals surface area (Å²) in [6, 6.07) is 9.98. The molecule has 1 aromatic rings. The zero-order valence-electron chi connectivity index (χ0n) is 12.5. The van der Waals surface area contributed by atoms with Crippen molar-refractivity contribution in [2.45, 2.75) is 32.9 Å². The summed E-state index contributed by atoms with van der Waals surface area (Å²) in [5.41, 5.74) is 0.974. The molecule has 0 saturated heterocycles. The molecule has 0 atom stereocenters. The van der Waals surface area contributed by atoms with Crippen LogP contribution < -0.4 is 10.0 Å². The molecule has 1 aromatic carbocycles. The minimum absolute atomic E-state index is 0.375. The normalized spacial score (nSPS) is 12.2. The monoisotopic (exact) mass is 299 g/mol. The molecule has 0 saturated carbocycles. The third-order valence-corrected chi connectivity index (χ3v) is 4.37. The van der Waals surface area contributed by atoms with Gasteiger partial charge in [-0.05, 0) is 18.5 Å². The van der Waals surface area contributed by atoms with Crippen LogP contribution in [0.5, 0.6) is 0 Å². The largest absolute Gasteiger partial charge is 0.314 e. The predicted molar refractivity (Wildman–Crippen MR) is 82.6 cm³/mol. The van der Waals surface area contributed by atoms with E-state index in [2.05, 4.69) is 23.9 Å². The first kappa shape index (κ1) is 17.1. The van der Waals surface area contributed by atoms with Gasteiger partial charge in [-0.3, -0.25) is 0 Å². The fraction of sp³-hybridized carbons (Fsp3) is 0.571. The maximum atomic E-state index is 12.0. The minimum Gasteiger partial charge on any atom is -0.314 e. The second-order valence-electron chi connectivity index (χ2n) is 5.10. The zero-order valence-corrected chi connectivity index (χ0v) is 13.3. The molecular weight excluding hydrogens is 274 g/mol. The van der Waals surface area contributed by atoms with E-state index in [4.69, 9.17) is 0 Å². The molecule has 0 aliphatic carbocycles. The van der Waals surface area contributed by atoms with Crippen LogP contribution in [0.25, 0.3) is 0 Å². The van der Waals surface area contributed by atoms with E-state index >= 15 is 0 Å². The highest BCUT2D eigenvalue weighted by Crippen LogP contribution is 2.05. The highest BCUT2D eigenvalue weighted by atomic mass is 32.2. The minimum atomic E-state index is -3.40. The summed E-state index contributed by atoms with van der Waals surface area (Å²) in [5.74, 6) is 0. The number of nitrogens with zero attached hydrogens (tertiary/aromatic N) is 1. The van der Waals surface area contributed by atoms with Crippen molar-refractivity contribution in [2.75, 3.05) is 20.1 Å². The highest BCUT2D eigenvalue weighted by Gasteiger charge is 2.16. The summed E-state index contributed by atoms with van der Waals surface area (Å²) < 4.78 is 28.0. The predicted octanol–water partition coefficient (Wildman–Crippen LogP) is 1.34. The third-order valence-electron chi connectivity index (χ3n) is 2.85. The van der Waals surface area contributed by atoms with E-state index in [-0.39, 0.29) is 0 Å². The number of benzene rings is 1. The van der Waals surface area contributed by atoms with Crippen LogP contribution in [0.15, 0.2) is 30.3 Å². The second kappa shape index (κ2) is 8.36. The van der Waals surface area contributed by atoms with Gasteiger partial charge in [0, 0.05) is 26.2 Å². The van der Waals surface area contributed by atoms with Crippen LogP contribution in [0.2, 0.25) is 0 Å². The molecule has 0 heterocycles. The van der Waals surface area contributed by atoms with Gasteiger partial charge in [-0.25, -0.2) is 4.72 Å². The number of hydrogen-bond acceptors (Lipinski definition) is 3.